The van der Waals surface area contributed by atoms with Gasteiger partial charge < -0.3 is 5.11 Å². The summed E-state index contributed by atoms with van der Waals surface area (Å²) in [7, 11) is 1.81. The first kappa shape index (κ1) is 17.5. The van der Waals surface area contributed by atoms with Crippen LogP contribution in [0.1, 0.15) is 11.9 Å². The summed E-state index contributed by atoms with van der Waals surface area (Å²) >= 11 is 2.74. The molecule has 0 saturated carbocycles. The number of para-hydroxylation sites is 1. The average molecular weight is 394 g/mol. The number of nitriles is 1. The number of aliphatic hydroxyl groups is 1. The van der Waals surface area contributed by atoms with Crippen molar-refractivity contribution in [3.8, 4) is 6.07 Å². The van der Waals surface area contributed by atoms with Gasteiger partial charge in [-0.1, -0.05) is 23.9 Å². The van der Waals surface area contributed by atoms with Gasteiger partial charge in [-0.05, 0) is 19.1 Å². The van der Waals surface area contributed by atoms with Crippen molar-refractivity contribution in [3.05, 3.63) is 47.6 Å². The lowest BCUT2D eigenvalue weighted by Crippen LogP contribution is -2.05. The van der Waals surface area contributed by atoms with Gasteiger partial charge in [0.05, 0.1) is 27.0 Å². The van der Waals surface area contributed by atoms with E-state index in [9.17, 15) is 10.4 Å². The molecule has 1 unspecified atom stereocenters. The van der Waals surface area contributed by atoms with Gasteiger partial charge in [-0.25, -0.2) is 15.0 Å². The zero-order valence-corrected chi connectivity index (χ0v) is 16.1. The van der Waals surface area contributed by atoms with E-state index in [2.05, 4.69) is 26.1 Å². The first-order valence-electron chi connectivity index (χ1n) is 8.07. The molecule has 1 N–H and O–H groups in total. The van der Waals surface area contributed by atoms with Gasteiger partial charge in [0.25, 0.3) is 0 Å². The molecule has 0 radical (unpaired) electrons. The Hall–Kier alpha value is -2.96. The summed E-state index contributed by atoms with van der Waals surface area (Å²) in [5.41, 5.74) is 1.72. The van der Waals surface area contributed by atoms with E-state index in [0.717, 1.165) is 21.3 Å². The van der Waals surface area contributed by atoms with Crippen molar-refractivity contribution in [2.24, 2.45) is 7.05 Å². The Balaban J connectivity index is 1.70. The number of nitrogens with zero attached hydrogens (tertiary/aromatic N) is 6. The van der Waals surface area contributed by atoms with E-state index < -0.39 is 0 Å². The number of allylic oxidation sites excluding steroid dienone is 1. The zero-order chi connectivity index (χ0) is 19.0. The van der Waals surface area contributed by atoms with E-state index in [4.69, 9.17) is 0 Å². The van der Waals surface area contributed by atoms with Crippen molar-refractivity contribution >= 4 is 49.9 Å². The van der Waals surface area contributed by atoms with Gasteiger partial charge in [0.15, 0.2) is 5.65 Å². The van der Waals surface area contributed by atoms with E-state index in [-0.39, 0.29) is 16.6 Å². The van der Waals surface area contributed by atoms with Gasteiger partial charge in [-0.2, -0.15) is 10.4 Å². The van der Waals surface area contributed by atoms with Crippen LogP contribution in [0.3, 0.4) is 0 Å². The van der Waals surface area contributed by atoms with Gasteiger partial charge in [0.1, 0.15) is 33.8 Å². The van der Waals surface area contributed by atoms with E-state index in [0.29, 0.717) is 10.0 Å². The summed E-state index contributed by atoms with van der Waals surface area (Å²) in [4.78, 5) is 13.0. The second kappa shape index (κ2) is 6.98. The maximum Gasteiger partial charge on any atom is 0.162 e. The lowest BCUT2D eigenvalue weighted by molar-refractivity contribution is 0.402. The number of hydrogen-bond donors (Lipinski definition) is 1. The molecule has 0 aliphatic carbocycles. The third-order valence-electron chi connectivity index (χ3n) is 4.04. The molecule has 1 atom stereocenters. The van der Waals surface area contributed by atoms with Crippen LogP contribution in [-0.4, -0.2) is 35.1 Å². The first-order valence-corrected chi connectivity index (χ1v) is 9.76. The van der Waals surface area contributed by atoms with E-state index in [1.54, 1.807) is 10.9 Å². The molecule has 0 bridgehead atoms. The highest BCUT2D eigenvalue weighted by atomic mass is 32.2. The molecule has 0 amide bonds. The zero-order valence-electron chi connectivity index (χ0n) is 14.5. The van der Waals surface area contributed by atoms with Crippen LogP contribution in [0.25, 0.3) is 26.8 Å². The van der Waals surface area contributed by atoms with Crippen LogP contribution >= 0.6 is 23.1 Å². The highest BCUT2D eigenvalue weighted by molar-refractivity contribution is 8.00. The fraction of sp³-hybridized carbons (Fsp3) is 0.167. The number of fused-ring (bicyclic) bond motifs is 2. The van der Waals surface area contributed by atoms with Gasteiger partial charge in [0.2, 0.25) is 0 Å². The molecule has 0 saturated heterocycles. The Morgan fingerprint density at radius 2 is 2.15 bits per heavy atom. The molecule has 0 fully saturated rings. The minimum absolute atomic E-state index is 0.0165. The van der Waals surface area contributed by atoms with Crippen molar-refractivity contribution < 1.29 is 5.11 Å². The van der Waals surface area contributed by atoms with Crippen molar-refractivity contribution in [3.63, 3.8) is 0 Å². The van der Waals surface area contributed by atoms with Crippen LogP contribution in [0.2, 0.25) is 0 Å². The summed E-state index contributed by atoms with van der Waals surface area (Å²) in [6.45, 7) is 1.83. The number of benzene rings is 1. The van der Waals surface area contributed by atoms with Crippen LogP contribution in [0.4, 0.5) is 0 Å². The highest BCUT2D eigenvalue weighted by Gasteiger charge is 2.21. The summed E-state index contributed by atoms with van der Waals surface area (Å²) in [5.74, 6) is -0.0165. The predicted molar refractivity (Wildman–Crippen MR) is 106 cm³/mol. The largest absolute Gasteiger partial charge is 0.510 e. The number of thioether (sulfide) groups is 1. The van der Waals surface area contributed by atoms with Crippen molar-refractivity contribution in [2.75, 3.05) is 0 Å². The van der Waals surface area contributed by atoms with E-state index >= 15 is 0 Å². The maximum atomic E-state index is 10.7. The number of hydrogen-bond acceptors (Lipinski definition) is 8. The van der Waals surface area contributed by atoms with Crippen LogP contribution in [-0.2, 0) is 7.05 Å². The molecule has 0 aliphatic heterocycles. The number of thiazole rings is 1. The number of aryl methyl sites for hydroxylation is 1. The third kappa shape index (κ3) is 3.13. The molecule has 9 heteroatoms. The monoisotopic (exact) mass is 394 g/mol. The second-order valence-corrected chi connectivity index (χ2v) is 8.16. The lowest BCUT2D eigenvalue weighted by atomic mass is 10.2. The number of aliphatic hydroxyl groups excluding tert-OH is 1. The fourth-order valence-electron chi connectivity index (χ4n) is 2.65. The molecule has 1 aromatic carbocycles. The molecule has 3 aromatic heterocycles. The molecule has 7 nitrogen and oxygen atoms in total. The average Bonchev–Trinajstić information content (AvgIpc) is 3.26. The van der Waals surface area contributed by atoms with Crippen molar-refractivity contribution in [2.45, 2.75) is 17.2 Å². The molecule has 134 valence electrons. The SMILES string of the molecule is CC(Sc1ncnc2c1cnn2C)/C(O)=C(\C#N)c1nc2ccccc2s1. The summed E-state index contributed by atoms with van der Waals surface area (Å²) < 4.78 is 2.64. The van der Waals surface area contributed by atoms with Crippen molar-refractivity contribution in [1.82, 2.24) is 24.7 Å². The van der Waals surface area contributed by atoms with Gasteiger partial charge in [-0.3, -0.25) is 4.68 Å². The molecular formula is C18H14N6OS2. The van der Waals surface area contributed by atoms with Crippen molar-refractivity contribution in [1.29, 1.82) is 5.26 Å². The quantitative estimate of drug-likeness (QED) is 0.242. The predicted octanol–water partition coefficient (Wildman–Crippen LogP) is 3.95. The summed E-state index contributed by atoms with van der Waals surface area (Å²) in [6, 6.07) is 9.76. The fourth-order valence-corrected chi connectivity index (χ4v) is 4.57. The Kier molecular flexibility index (Phi) is 4.51. The van der Waals surface area contributed by atoms with Crippen LogP contribution in [0.15, 0.2) is 47.6 Å². The Morgan fingerprint density at radius 1 is 1.33 bits per heavy atom. The minimum Gasteiger partial charge on any atom is -0.510 e. The summed E-state index contributed by atoms with van der Waals surface area (Å²) in [6.07, 6.45) is 3.17. The lowest BCUT2D eigenvalue weighted by Gasteiger charge is -2.11. The topological polar surface area (TPSA) is 101 Å². The second-order valence-electron chi connectivity index (χ2n) is 5.80. The molecule has 4 aromatic rings. The highest BCUT2D eigenvalue weighted by Crippen LogP contribution is 2.34. The van der Waals surface area contributed by atoms with E-state index in [1.807, 2.05) is 38.2 Å². The number of aromatic nitrogens is 5. The van der Waals surface area contributed by atoms with Gasteiger partial charge >= 0.3 is 0 Å². The van der Waals surface area contributed by atoms with Gasteiger partial charge in [-0.15, -0.1) is 11.3 Å². The molecule has 4 rings (SSSR count). The normalized spacial score (nSPS) is 13.5. The smallest absolute Gasteiger partial charge is 0.162 e. The van der Waals surface area contributed by atoms with Crippen LogP contribution < -0.4 is 0 Å². The standard InChI is InChI=1S/C18H14N6OS2/c1-10(26-17-12-8-22-24(2)16(12)20-9-21-17)15(25)11(7-19)18-23-13-5-3-4-6-14(13)27-18/h3-6,8-10,25H,1-2H3/b15-11-. The Bertz CT molecular complexity index is 1190. The Labute approximate surface area is 163 Å². The van der Waals surface area contributed by atoms with Crippen LogP contribution in [0, 0.1) is 11.3 Å². The third-order valence-corrected chi connectivity index (χ3v) is 6.22. The molecular weight excluding hydrogens is 380 g/mol. The molecule has 0 aliphatic rings. The first-order chi connectivity index (χ1) is 13.1. The van der Waals surface area contributed by atoms with Crippen LogP contribution in [0.5, 0.6) is 0 Å². The molecule has 27 heavy (non-hydrogen) atoms. The maximum absolute atomic E-state index is 10.7. The van der Waals surface area contributed by atoms with Gasteiger partial charge in [0, 0.05) is 7.05 Å². The minimum atomic E-state index is -0.384. The summed E-state index contributed by atoms with van der Waals surface area (Å²) in [5, 5.41) is 26.2. The molecule has 3 heterocycles. The Morgan fingerprint density at radius 3 is 2.93 bits per heavy atom. The van der Waals surface area contributed by atoms with E-state index in [1.165, 1.54) is 29.4 Å². The molecule has 0 spiro atoms. The number of rotatable bonds is 4.